The molecular weight excluding hydrogens is 118 g/mol. The standard InChI is InChI=1S/C6H11NO2/c7-6(3-5-9)2-1-4-8/h4-6H,1-3,7H2. The Morgan fingerprint density at radius 2 is 2.00 bits per heavy atom. The Morgan fingerprint density at radius 3 is 2.44 bits per heavy atom. The second-order valence-corrected chi connectivity index (χ2v) is 1.91. The van der Waals surface area contributed by atoms with Gasteiger partial charge in [-0.1, -0.05) is 0 Å². The second kappa shape index (κ2) is 5.44. The highest BCUT2D eigenvalue weighted by molar-refractivity contribution is 5.51. The first-order chi connectivity index (χ1) is 4.31. The van der Waals surface area contributed by atoms with Crippen LogP contribution in [0.4, 0.5) is 0 Å². The predicted octanol–water partition coefficient (Wildman–Crippen LogP) is -0.118. The molecule has 2 N–H and O–H groups in total. The molecule has 0 radical (unpaired) electrons. The van der Waals surface area contributed by atoms with E-state index >= 15 is 0 Å². The Hall–Kier alpha value is -0.700. The fourth-order valence-corrected chi connectivity index (χ4v) is 0.524. The van der Waals surface area contributed by atoms with Crippen LogP contribution in [0.2, 0.25) is 0 Å². The molecular formula is C6H11NO2. The molecule has 0 saturated heterocycles. The Labute approximate surface area is 54.2 Å². The van der Waals surface area contributed by atoms with E-state index < -0.39 is 0 Å². The van der Waals surface area contributed by atoms with Crippen molar-refractivity contribution in [2.45, 2.75) is 25.3 Å². The maximum atomic E-state index is 9.81. The molecule has 1 atom stereocenters. The van der Waals surface area contributed by atoms with Crippen molar-refractivity contribution in [3.63, 3.8) is 0 Å². The predicted molar refractivity (Wildman–Crippen MR) is 34.0 cm³/mol. The molecule has 0 saturated carbocycles. The molecule has 0 aliphatic carbocycles. The quantitative estimate of drug-likeness (QED) is 0.526. The number of hydrogen-bond donors (Lipinski definition) is 1. The molecule has 3 heteroatoms. The van der Waals surface area contributed by atoms with Gasteiger partial charge in [-0.15, -0.1) is 0 Å². The first-order valence-electron chi connectivity index (χ1n) is 2.94. The van der Waals surface area contributed by atoms with Crippen molar-refractivity contribution in [2.24, 2.45) is 5.73 Å². The van der Waals surface area contributed by atoms with Crippen LogP contribution in [-0.4, -0.2) is 18.6 Å². The summed E-state index contributed by atoms with van der Waals surface area (Å²) in [7, 11) is 0. The van der Waals surface area contributed by atoms with Crippen molar-refractivity contribution >= 4 is 12.6 Å². The summed E-state index contributed by atoms with van der Waals surface area (Å²) in [6.07, 6.45) is 3.01. The average molecular weight is 129 g/mol. The maximum Gasteiger partial charge on any atom is 0.121 e. The average Bonchev–Trinajstić information content (AvgIpc) is 1.85. The van der Waals surface area contributed by atoms with Gasteiger partial charge in [-0.25, -0.2) is 0 Å². The molecule has 0 bridgehead atoms. The highest BCUT2D eigenvalue weighted by atomic mass is 16.1. The molecule has 0 fully saturated rings. The minimum Gasteiger partial charge on any atom is -0.327 e. The third-order valence-electron chi connectivity index (χ3n) is 1.05. The lowest BCUT2D eigenvalue weighted by Gasteiger charge is -2.01. The second-order valence-electron chi connectivity index (χ2n) is 1.91. The summed E-state index contributed by atoms with van der Waals surface area (Å²) in [5.74, 6) is 0. The molecule has 3 nitrogen and oxygen atoms in total. The Morgan fingerprint density at radius 1 is 1.33 bits per heavy atom. The third kappa shape index (κ3) is 5.17. The minimum absolute atomic E-state index is 0.132. The third-order valence-corrected chi connectivity index (χ3v) is 1.05. The summed E-state index contributed by atoms with van der Waals surface area (Å²) in [4.78, 5) is 19.6. The molecule has 0 aliphatic heterocycles. The van der Waals surface area contributed by atoms with E-state index in [0.29, 0.717) is 19.3 Å². The molecule has 9 heavy (non-hydrogen) atoms. The number of nitrogens with two attached hydrogens (primary N) is 1. The summed E-state index contributed by atoms with van der Waals surface area (Å²) in [6, 6.07) is -0.132. The summed E-state index contributed by atoms with van der Waals surface area (Å²) >= 11 is 0. The van der Waals surface area contributed by atoms with E-state index in [1.54, 1.807) is 0 Å². The van der Waals surface area contributed by atoms with Gasteiger partial charge in [0.2, 0.25) is 0 Å². The molecule has 0 spiro atoms. The maximum absolute atomic E-state index is 9.81. The number of carbonyl (C=O) groups excluding carboxylic acids is 2. The van der Waals surface area contributed by atoms with Crippen LogP contribution in [0.3, 0.4) is 0 Å². The van der Waals surface area contributed by atoms with Crippen molar-refractivity contribution in [2.75, 3.05) is 0 Å². The van der Waals surface area contributed by atoms with Crippen LogP contribution in [0, 0.1) is 0 Å². The first kappa shape index (κ1) is 8.30. The van der Waals surface area contributed by atoms with Crippen LogP contribution in [0.15, 0.2) is 0 Å². The van der Waals surface area contributed by atoms with Crippen molar-refractivity contribution in [3.05, 3.63) is 0 Å². The van der Waals surface area contributed by atoms with Crippen LogP contribution >= 0.6 is 0 Å². The topological polar surface area (TPSA) is 60.2 Å². The Kier molecular flexibility index (Phi) is 5.01. The molecule has 0 rings (SSSR count). The highest BCUT2D eigenvalue weighted by Crippen LogP contribution is 1.93. The van der Waals surface area contributed by atoms with Crippen LogP contribution < -0.4 is 5.73 Å². The van der Waals surface area contributed by atoms with Gasteiger partial charge in [-0.05, 0) is 6.42 Å². The SMILES string of the molecule is NC(CC=O)CCC=O. The summed E-state index contributed by atoms with van der Waals surface area (Å²) in [5, 5.41) is 0. The van der Waals surface area contributed by atoms with E-state index in [9.17, 15) is 9.59 Å². The van der Waals surface area contributed by atoms with Gasteiger partial charge < -0.3 is 15.3 Å². The molecule has 0 aromatic carbocycles. The van der Waals surface area contributed by atoms with Gasteiger partial charge in [0, 0.05) is 18.9 Å². The molecule has 0 heterocycles. The van der Waals surface area contributed by atoms with Gasteiger partial charge in [-0.3, -0.25) is 0 Å². The monoisotopic (exact) mass is 129 g/mol. The van der Waals surface area contributed by atoms with E-state index in [0.717, 1.165) is 12.6 Å². The molecule has 0 aliphatic rings. The van der Waals surface area contributed by atoms with Gasteiger partial charge in [0.15, 0.2) is 0 Å². The van der Waals surface area contributed by atoms with Gasteiger partial charge >= 0.3 is 0 Å². The van der Waals surface area contributed by atoms with Crippen LogP contribution in [0.1, 0.15) is 19.3 Å². The van der Waals surface area contributed by atoms with Crippen LogP contribution in [0.5, 0.6) is 0 Å². The van der Waals surface area contributed by atoms with Crippen molar-refractivity contribution in [1.29, 1.82) is 0 Å². The van der Waals surface area contributed by atoms with Crippen molar-refractivity contribution in [3.8, 4) is 0 Å². The molecule has 0 aromatic rings. The summed E-state index contributed by atoms with van der Waals surface area (Å²) in [5.41, 5.74) is 5.38. The Bertz CT molecular complexity index is 93.1. The molecule has 52 valence electrons. The lowest BCUT2D eigenvalue weighted by molar-refractivity contribution is -0.109. The number of hydrogen-bond acceptors (Lipinski definition) is 3. The van der Waals surface area contributed by atoms with Crippen molar-refractivity contribution in [1.82, 2.24) is 0 Å². The van der Waals surface area contributed by atoms with Gasteiger partial charge in [0.05, 0.1) is 0 Å². The van der Waals surface area contributed by atoms with E-state index in [1.807, 2.05) is 0 Å². The van der Waals surface area contributed by atoms with Crippen molar-refractivity contribution < 1.29 is 9.59 Å². The van der Waals surface area contributed by atoms with Gasteiger partial charge in [0.25, 0.3) is 0 Å². The lowest BCUT2D eigenvalue weighted by Crippen LogP contribution is -2.19. The smallest absolute Gasteiger partial charge is 0.121 e. The van der Waals surface area contributed by atoms with E-state index in [1.165, 1.54) is 0 Å². The molecule has 0 amide bonds. The molecule has 0 aromatic heterocycles. The van der Waals surface area contributed by atoms with Crippen LogP contribution in [-0.2, 0) is 9.59 Å². The van der Waals surface area contributed by atoms with Gasteiger partial charge in [0.1, 0.15) is 12.6 Å². The fourth-order valence-electron chi connectivity index (χ4n) is 0.524. The van der Waals surface area contributed by atoms with Gasteiger partial charge in [-0.2, -0.15) is 0 Å². The number of rotatable bonds is 5. The minimum atomic E-state index is -0.132. The normalized spacial score (nSPS) is 12.6. The summed E-state index contributed by atoms with van der Waals surface area (Å²) in [6.45, 7) is 0. The summed E-state index contributed by atoms with van der Waals surface area (Å²) < 4.78 is 0. The zero-order valence-electron chi connectivity index (χ0n) is 5.25. The Balaban J connectivity index is 3.14. The zero-order chi connectivity index (χ0) is 7.11. The fraction of sp³-hybridized carbons (Fsp3) is 0.667. The van der Waals surface area contributed by atoms with E-state index in [-0.39, 0.29) is 6.04 Å². The largest absolute Gasteiger partial charge is 0.327 e. The lowest BCUT2D eigenvalue weighted by atomic mass is 10.1. The zero-order valence-corrected chi connectivity index (χ0v) is 5.25. The first-order valence-corrected chi connectivity index (χ1v) is 2.94. The van der Waals surface area contributed by atoms with E-state index in [4.69, 9.17) is 5.73 Å². The van der Waals surface area contributed by atoms with Crippen LogP contribution in [0.25, 0.3) is 0 Å². The molecule has 1 unspecified atom stereocenters. The van der Waals surface area contributed by atoms with E-state index in [2.05, 4.69) is 0 Å². The number of aldehydes is 2. The number of carbonyl (C=O) groups is 2. The highest BCUT2D eigenvalue weighted by Gasteiger charge is 1.98.